The summed E-state index contributed by atoms with van der Waals surface area (Å²) in [6.07, 6.45) is 1.71. The lowest BCUT2D eigenvalue weighted by atomic mass is 10.0. The third-order valence-electron chi connectivity index (χ3n) is 3.52. The van der Waals surface area contributed by atoms with Crippen LogP contribution in [0.5, 0.6) is 0 Å². The fourth-order valence-corrected chi connectivity index (χ4v) is 2.33. The fraction of sp³-hybridized carbons (Fsp3) is 0.692. The Balaban J connectivity index is 1.77. The highest BCUT2D eigenvalue weighted by Crippen LogP contribution is 2.12. The molecule has 3 amide bonds. The molecule has 0 radical (unpaired) electrons. The van der Waals surface area contributed by atoms with Crippen molar-refractivity contribution in [2.24, 2.45) is 5.10 Å². The van der Waals surface area contributed by atoms with Crippen molar-refractivity contribution in [2.45, 2.75) is 38.6 Å². The van der Waals surface area contributed by atoms with Crippen molar-refractivity contribution in [3.8, 4) is 0 Å². The largest absolute Gasteiger partial charge is 0.450 e. The summed E-state index contributed by atoms with van der Waals surface area (Å²) in [5.74, 6) is -0.418. The minimum atomic E-state index is -0.304. The van der Waals surface area contributed by atoms with E-state index in [1.54, 1.807) is 11.8 Å². The Morgan fingerprint density at radius 2 is 2.10 bits per heavy atom. The van der Waals surface area contributed by atoms with Crippen LogP contribution in [0.15, 0.2) is 5.10 Å². The number of hydrogen-bond acceptors (Lipinski definition) is 5. The molecular weight excluding hydrogens is 276 g/mol. The summed E-state index contributed by atoms with van der Waals surface area (Å²) in [7, 11) is 0. The van der Waals surface area contributed by atoms with Crippen LogP contribution < -0.4 is 10.7 Å². The number of carbonyl (C=O) groups excluding carboxylic acids is 3. The van der Waals surface area contributed by atoms with Crippen molar-refractivity contribution < 1.29 is 19.1 Å². The molecule has 0 spiro atoms. The van der Waals surface area contributed by atoms with Crippen LogP contribution in [-0.4, -0.2) is 54.3 Å². The molecule has 8 nitrogen and oxygen atoms in total. The van der Waals surface area contributed by atoms with E-state index >= 15 is 0 Å². The van der Waals surface area contributed by atoms with Gasteiger partial charge in [0.2, 0.25) is 5.91 Å². The number of nitrogens with one attached hydrogen (secondary N) is 2. The number of hydrazone groups is 1. The molecule has 21 heavy (non-hydrogen) atoms. The number of amides is 3. The quantitative estimate of drug-likeness (QED) is 0.765. The van der Waals surface area contributed by atoms with Crippen LogP contribution in [0.4, 0.5) is 4.79 Å². The molecule has 116 valence electrons. The first-order valence-corrected chi connectivity index (χ1v) is 7.18. The second kappa shape index (κ2) is 7.05. The van der Waals surface area contributed by atoms with E-state index in [1.165, 1.54) is 0 Å². The number of carbonyl (C=O) groups is 3. The van der Waals surface area contributed by atoms with Crippen LogP contribution in [0, 0.1) is 0 Å². The van der Waals surface area contributed by atoms with Gasteiger partial charge in [0, 0.05) is 32.0 Å². The molecule has 0 aromatic heterocycles. The van der Waals surface area contributed by atoms with E-state index in [9.17, 15) is 14.4 Å². The van der Waals surface area contributed by atoms with Gasteiger partial charge in [-0.05, 0) is 19.8 Å². The highest BCUT2D eigenvalue weighted by molar-refractivity contribution is 6.39. The van der Waals surface area contributed by atoms with Gasteiger partial charge in [-0.15, -0.1) is 0 Å². The van der Waals surface area contributed by atoms with Crippen LogP contribution in [0.2, 0.25) is 0 Å². The summed E-state index contributed by atoms with van der Waals surface area (Å²) in [6, 6.07) is 0.0171. The first-order chi connectivity index (χ1) is 10.1. The molecule has 0 bridgehead atoms. The predicted octanol–water partition coefficient (Wildman–Crippen LogP) is -0.0105. The number of nitrogens with zero attached hydrogens (tertiary/aromatic N) is 2. The van der Waals surface area contributed by atoms with Crippen molar-refractivity contribution in [1.29, 1.82) is 0 Å². The molecule has 2 aliphatic heterocycles. The predicted molar refractivity (Wildman–Crippen MR) is 74.6 cm³/mol. The molecule has 1 fully saturated rings. The van der Waals surface area contributed by atoms with E-state index in [1.807, 2.05) is 0 Å². The summed E-state index contributed by atoms with van der Waals surface area (Å²) >= 11 is 0. The zero-order valence-corrected chi connectivity index (χ0v) is 12.1. The highest BCUT2D eigenvalue weighted by Gasteiger charge is 2.26. The maximum absolute atomic E-state index is 12.0. The normalized spacial score (nSPS) is 19.6. The van der Waals surface area contributed by atoms with Gasteiger partial charge in [0.25, 0.3) is 5.91 Å². The van der Waals surface area contributed by atoms with E-state index in [0.717, 1.165) is 0 Å². The van der Waals surface area contributed by atoms with Gasteiger partial charge in [-0.2, -0.15) is 5.10 Å². The SMILES string of the molecule is CCOC(=O)N1CCC(NC(=O)C2=NNC(=O)CC2)CC1. The Labute approximate surface area is 122 Å². The van der Waals surface area contributed by atoms with Crippen molar-refractivity contribution >= 4 is 23.6 Å². The summed E-state index contributed by atoms with van der Waals surface area (Å²) in [5.41, 5.74) is 2.65. The van der Waals surface area contributed by atoms with Gasteiger partial charge in [-0.25, -0.2) is 10.2 Å². The summed E-state index contributed by atoms with van der Waals surface area (Å²) in [4.78, 5) is 36.2. The summed E-state index contributed by atoms with van der Waals surface area (Å²) in [6.45, 7) is 3.26. The van der Waals surface area contributed by atoms with E-state index in [-0.39, 0.29) is 30.4 Å². The fourth-order valence-electron chi connectivity index (χ4n) is 2.33. The zero-order chi connectivity index (χ0) is 15.2. The number of likely N-dealkylation sites (tertiary alicyclic amines) is 1. The van der Waals surface area contributed by atoms with E-state index < -0.39 is 0 Å². The molecule has 0 unspecified atom stereocenters. The van der Waals surface area contributed by atoms with Gasteiger partial charge < -0.3 is 15.0 Å². The zero-order valence-electron chi connectivity index (χ0n) is 12.1. The van der Waals surface area contributed by atoms with Gasteiger partial charge in [-0.1, -0.05) is 0 Å². The lowest BCUT2D eigenvalue weighted by molar-refractivity contribution is -0.121. The van der Waals surface area contributed by atoms with Gasteiger partial charge >= 0.3 is 6.09 Å². The van der Waals surface area contributed by atoms with Crippen LogP contribution in [-0.2, 0) is 14.3 Å². The standard InChI is InChI=1S/C13H20N4O4/c1-2-21-13(20)17-7-5-9(6-8-17)14-12(19)10-3-4-11(18)16-15-10/h9H,2-8H2,1H3,(H,14,19)(H,16,18). The summed E-state index contributed by atoms with van der Waals surface area (Å²) < 4.78 is 4.94. The molecule has 2 rings (SSSR count). The van der Waals surface area contributed by atoms with Gasteiger partial charge in [0.1, 0.15) is 5.71 Å². The highest BCUT2D eigenvalue weighted by atomic mass is 16.6. The number of hydrogen-bond donors (Lipinski definition) is 2. The Morgan fingerprint density at radius 1 is 1.38 bits per heavy atom. The minimum absolute atomic E-state index is 0.0171. The third kappa shape index (κ3) is 4.17. The Kier molecular flexibility index (Phi) is 5.13. The average Bonchev–Trinajstić information content (AvgIpc) is 2.49. The molecule has 2 N–H and O–H groups in total. The second-order valence-electron chi connectivity index (χ2n) is 5.03. The molecule has 2 heterocycles. The van der Waals surface area contributed by atoms with Crippen LogP contribution in [0.3, 0.4) is 0 Å². The van der Waals surface area contributed by atoms with Crippen LogP contribution in [0.1, 0.15) is 32.6 Å². The van der Waals surface area contributed by atoms with Crippen molar-refractivity contribution in [1.82, 2.24) is 15.6 Å². The van der Waals surface area contributed by atoms with Crippen LogP contribution in [0.25, 0.3) is 0 Å². The minimum Gasteiger partial charge on any atom is -0.450 e. The Morgan fingerprint density at radius 3 is 2.67 bits per heavy atom. The second-order valence-corrected chi connectivity index (χ2v) is 5.03. The van der Waals surface area contributed by atoms with Gasteiger partial charge in [-0.3, -0.25) is 9.59 Å². The lowest BCUT2D eigenvalue weighted by Gasteiger charge is -2.31. The van der Waals surface area contributed by atoms with Crippen molar-refractivity contribution in [2.75, 3.05) is 19.7 Å². The van der Waals surface area contributed by atoms with Crippen molar-refractivity contribution in [3.63, 3.8) is 0 Å². The van der Waals surface area contributed by atoms with Crippen LogP contribution >= 0.6 is 0 Å². The molecule has 0 aliphatic carbocycles. The number of piperidine rings is 1. The number of ether oxygens (including phenoxy) is 1. The van der Waals surface area contributed by atoms with E-state index in [0.29, 0.717) is 44.7 Å². The first-order valence-electron chi connectivity index (χ1n) is 7.18. The number of rotatable bonds is 3. The molecule has 0 aromatic rings. The molecular formula is C13H20N4O4. The smallest absolute Gasteiger partial charge is 0.409 e. The van der Waals surface area contributed by atoms with E-state index in [4.69, 9.17) is 4.74 Å². The maximum Gasteiger partial charge on any atom is 0.409 e. The van der Waals surface area contributed by atoms with Gasteiger partial charge in [0.05, 0.1) is 6.61 Å². The molecule has 2 aliphatic rings. The molecule has 0 aromatic carbocycles. The molecule has 0 atom stereocenters. The first kappa shape index (κ1) is 15.3. The maximum atomic E-state index is 12.0. The lowest BCUT2D eigenvalue weighted by Crippen LogP contribution is -2.48. The average molecular weight is 296 g/mol. The van der Waals surface area contributed by atoms with Gasteiger partial charge in [0.15, 0.2) is 0 Å². The Hall–Kier alpha value is -2.12. The van der Waals surface area contributed by atoms with E-state index in [2.05, 4.69) is 15.8 Å². The Bertz CT molecular complexity index is 455. The molecule has 8 heteroatoms. The topological polar surface area (TPSA) is 100 Å². The molecule has 1 saturated heterocycles. The summed E-state index contributed by atoms with van der Waals surface area (Å²) in [5, 5.41) is 6.66. The monoisotopic (exact) mass is 296 g/mol. The van der Waals surface area contributed by atoms with Crippen molar-refractivity contribution in [3.05, 3.63) is 0 Å². The molecule has 0 saturated carbocycles. The third-order valence-corrected chi connectivity index (χ3v) is 3.52.